The third-order valence-corrected chi connectivity index (χ3v) is 5.16. The number of nitrogens with zero attached hydrogens (tertiary/aromatic N) is 1. The molecule has 6 heteroatoms. The van der Waals surface area contributed by atoms with Crippen LogP contribution in [0.3, 0.4) is 0 Å². The Bertz CT molecular complexity index is 779. The summed E-state index contributed by atoms with van der Waals surface area (Å²) >= 11 is 6.03. The molecule has 0 aromatic heterocycles. The lowest BCUT2D eigenvalue weighted by molar-refractivity contribution is 0.189. The summed E-state index contributed by atoms with van der Waals surface area (Å²) in [4.78, 5) is 15.0. The van der Waals surface area contributed by atoms with Gasteiger partial charge in [-0.05, 0) is 42.7 Å². The Morgan fingerprint density at radius 3 is 2.48 bits per heavy atom. The van der Waals surface area contributed by atoms with Crippen LogP contribution in [0, 0.1) is 0 Å². The van der Waals surface area contributed by atoms with E-state index in [2.05, 4.69) is 5.32 Å². The van der Waals surface area contributed by atoms with Crippen LogP contribution >= 0.6 is 11.6 Å². The normalized spacial score (nSPS) is 17.1. The third kappa shape index (κ3) is 4.66. The summed E-state index contributed by atoms with van der Waals surface area (Å²) in [7, 11) is 3.17. The van der Waals surface area contributed by atoms with Crippen molar-refractivity contribution in [3.05, 3.63) is 53.1 Å². The molecule has 2 aromatic carbocycles. The zero-order valence-electron chi connectivity index (χ0n) is 15.7. The first-order valence-electron chi connectivity index (χ1n) is 9.17. The molecule has 0 aliphatic carbocycles. The number of ether oxygens (including phenoxy) is 2. The van der Waals surface area contributed by atoms with E-state index in [1.807, 2.05) is 35.2 Å². The second-order valence-electron chi connectivity index (χ2n) is 6.61. The zero-order valence-corrected chi connectivity index (χ0v) is 16.5. The van der Waals surface area contributed by atoms with Crippen LogP contribution in [0.1, 0.15) is 37.3 Å². The van der Waals surface area contributed by atoms with Crippen molar-refractivity contribution >= 4 is 23.3 Å². The van der Waals surface area contributed by atoms with Gasteiger partial charge in [0.15, 0.2) is 11.5 Å². The van der Waals surface area contributed by atoms with Crippen LogP contribution in [-0.2, 0) is 0 Å². The smallest absolute Gasteiger partial charge is 0.322 e. The van der Waals surface area contributed by atoms with Crippen molar-refractivity contribution in [2.24, 2.45) is 0 Å². The van der Waals surface area contributed by atoms with Crippen molar-refractivity contribution in [2.75, 3.05) is 26.1 Å². The number of halogens is 1. The molecule has 0 unspecified atom stereocenters. The van der Waals surface area contributed by atoms with Gasteiger partial charge in [-0.3, -0.25) is 0 Å². The highest BCUT2D eigenvalue weighted by atomic mass is 35.5. The van der Waals surface area contributed by atoms with Crippen molar-refractivity contribution in [1.82, 2.24) is 4.90 Å². The quantitative estimate of drug-likeness (QED) is 0.751. The highest BCUT2D eigenvalue weighted by molar-refractivity contribution is 6.30. The SMILES string of the molecule is COc1ccc(NC(=O)N2CCCCC[C@H]2c2ccc(Cl)cc2)cc1OC. The lowest BCUT2D eigenvalue weighted by atomic mass is 10.0. The fourth-order valence-corrected chi connectivity index (χ4v) is 3.62. The monoisotopic (exact) mass is 388 g/mol. The van der Waals surface area contributed by atoms with Crippen LogP contribution in [0.15, 0.2) is 42.5 Å². The molecule has 0 spiro atoms. The van der Waals surface area contributed by atoms with E-state index < -0.39 is 0 Å². The summed E-state index contributed by atoms with van der Waals surface area (Å²) in [6.07, 6.45) is 4.18. The highest BCUT2D eigenvalue weighted by Crippen LogP contribution is 2.33. The lowest BCUT2D eigenvalue weighted by Crippen LogP contribution is -2.38. The van der Waals surface area contributed by atoms with Gasteiger partial charge in [-0.2, -0.15) is 0 Å². The fraction of sp³-hybridized carbons (Fsp3) is 0.381. The van der Waals surface area contributed by atoms with Crippen LogP contribution in [0.5, 0.6) is 11.5 Å². The standard InChI is InChI=1S/C21H25ClN2O3/c1-26-19-12-11-17(14-20(19)27-2)23-21(25)24-13-5-3-4-6-18(24)15-7-9-16(22)10-8-15/h7-12,14,18H,3-6,13H2,1-2H3,(H,23,25)/t18-/m0/s1. The number of carbonyl (C=O) groups excluding carboxylic acids is 1. The average molecular weight is 389 g/mol. The molecule has 1 aliphatic heterocycles. The lowest BCUT2D eigenvalue weighted by Gasteiger charge is -2.30. The Labute approximate surface area is 165 Å². The van der Waals surface area contributed by atoms with Crippen molar-refractivity contribution in [3.63, 3.8) is 0 Å². The number of nitrogens with one attached hydrogen (secondary N) is 1. The van der Waals surface area contributed by atoms with Crippen LogP contribution < -0.4 is 14.8 Å². The Morgan fingerprint density at radius 1 is 1.04 bits per heavy atom. The minimum Gasteiger partial charge on any atom is -0.493 e. The molecule has 0 radical (unpaired) electrons. The summed E-state index contributed by atoms with van der Waals surface area (Å²) in [5.41, 5.74) is 1.79. The van der Waals surface area contributed by atoms with Gasteiger partial charge in [-0.15, -0.1) is 0 Å². The van der Waals surface area contributed by atoms with Gasteiger partial charge in [0.2, 0.25) is 0 Å². The minimum absolute atomic E-state index is 0.0462. The molecule has 3 rings (SSSR count). The number of benzene rings is 2. The van der Waals surface area contributed by atoms with Crippen LogP contribution in [0.4, 0.5) is 10.5 Å². The summed E-state index contributed by atoms with van der Waals surface area (Å²) < 4.78 is 10.6. The van der Waals surface area contributed by atoms with Crippen LogP contribution in [0.25, 0.3) is 0 Å². The number of urea groups is 1. The van der Waals surface area contributed by atoms with E-state index in [0.29, 0.717) is 22.2 Å². The maximum absolute atomic E-state index is 13.0. The minimum atomic E-state index is -0.107. The van der Waals surface area contributed by atoms with Gasteiger partial charge in [-0.25, -0.2) is 4.79 Å². The van der Waals surface area contributed by atoms with Gasteiger partial charge in [-0.1, -0.05) is 36.6 Å². The molecule has 1 atom stereocenters. The van der Waals surface area contributed by atoms with Gasteiger partial charge < -0.3 is 19.7 Å². The Hall–Kier alpha value is -2.40. The molecule has 1 N–H and O–H groups in total. The fourth-order valence-electron chi connectivity index (χ4n) is 3.49. The zero-order chi connectivity index (χ0) is 19.2. The summed E-state index contributed by atoms with van der Waals surface area (Å²) in [6.45, 7) is 0.729. The van der Waals surface area contributed by atoms with E-state index in [1.165, 1.54) is 0 Å². The summed E-state index contributed by atoms with van der Waals surface area (Å²) in [5.74, 6) is 1.21. The number of carbonyl (C=O) groups is 1. The number of likely N-dealkylation sites (tertiary alicyclic amines) is 1. The van der Waals surface area contributed by atoms with Crippen LogP contribution in [0.2, 0.25) is 5.02 Å². The molecule has 2 aromatic rings. The van der Waals surface area contributed by atoms with E-state index in [4.69, 9.17) is 21.1 Å². The largest absolute Gasteiger partial charge is 0.493 e. The second-order valence-corrected chi connectivity index (χ2v) is 7.05. The van der Waals surface area contributed by atoms with Crippen molar-refractivity contribution in [3.8, 4) is 11.5 Å². The number of hydrogen-bond acceptors (Lipinski definition) is 3. The van der Waals surface area contributed by atoms with Crippen molar-refractivity contribution in [2.45, 2.75) is 31.7 Å². The molecule has 5 nitrogen and oxygen atoms in total. The molecule has 1 fully saturated rings. The van der Waals surface area contributed by atoms with E-state index in [9.17, 15) is 4.79 Å². The Morgan fingerprint density at radius 2 is 1.78 bits per heavy atom. The molecule has 1 heterocycles. The molecule has 2 amide bonds. The first kappa shape index (κ1) is 19.4. The van der Waals surface area contributed by atoms with Crippen molar-refractivity contribution < 1.29 is 14.3 Å². The number of amides is 2. The molecule has 0 saturated carbocycles. The molecule has 27 heavy (non-hydrogen) atoms. The maximum Gasteiger partial charge on any atom is 0.322 e. The van der Waals surface area contributed by atoms with Crippen LogP contribution in [-0.4, -0.2) is 31.7 Å². The van der Waals surface area contributed by atoms with Gasteiger partial charge in [0.25, 0.3) is 0 Å². The van der Waals surface area contributed by atoms with Crippen molar-refractivity contribution in [1.29, 1.82) is 0 Å². The van der Waals surface area contributed by atoms with E-state index in [0.717, 1.165) is 37.8 Å². The molecule has 1 saturated heterocycles. The van der Waals surface area contributed by atoms with Gasteiger partial charge in [0.1, 0.15) is 0 Å². The maximum atomic E-state index is 13.0. The van der Waals surface area contributed by atoms with Gasteiger partial charge in [0.05, 0.1) is 20.3 Å². The number of methoxy groups -OCH3 is 2. The summed E-state index contributed by atoms with van der Waals surface area (Å²) in [6, 6.07) is 13.1. The second kappa shape index (κ2) is 9.00. The van der Waals surface area contributed by atoms with Gasteiger partial charge >= 0.3 is 6.03 Å². The number of hydrogen-bond donors (Lipinski definition) is 1. The van der Waals surface area contributed by atoms with E-state index in [1.54, 1.807) is 26.4 Å². The first-order valence-corrected chi connectivity index (χ1v) is 9.55. The Kier molecular flexibility index (Phi) is 6.45. The Balaban J connectivity index is 1.80. The summed E-state index contributed by atoms with van der Waals surface area (Å²) in [5, 5.41) is 3.70. The van der Waals surface area contributed by atoms with E-state index in [-0.39, 0.29) is 12.1 Å². The van der Waals surface area contributed by atoms with Gasteiger partial charge in [0, 0.05) is 23.3 Å². The molecule has 0 bridgehead atoms. The van der Waals surface area contributed by atoms with E-state index >= 15 is 0 Å². The number of anilines is 1. The predicted octanol–water partition coefficient (Wildman–Crippen LogP) is 5.51. The average Bonchev–Trinajstić information content (AvgIpc) is 2.94. The predicted molar refractivity (Wildman–Crippen MR) is 108 cm³/mol. The highest BCUT2D eigenvalue weighted by Gasteiger charge is 2.27. The molecular weight excluding hydrogens is 364 g/mol. The first-order chi connectivity index (χ1) is 13.1. The molecular formula is C21H25ClN2O3. The number of rotatable bonds is 4. The third-order valence-electron chi connectivity index (χ3n) is 4.90. The topological polar surface area (TPSA) is 50.8 Å². The molecule has 144 valence electrons. The molecule has 1 aliphatic rings.